The topological polar surface area (TPSA) is 54.1 Å². The number of benzene rings is 3. The number of hydrogen-bond donors (Lipinski definition) is 2. The number of carbonyl (C=O) groups is 1. The number of rotatable bonds is 8. The molecule has 0 aliphatic carbocycles. The molecular formula is C26H26N2O2. The van der Waals surface area contributed by atoms with Gasteiger partial charge in [0.15, 0.2) is 0 Å². The third-order valence-corrected chi connectivity index (χ3v) is 5.35. The highest BCUT2D eigenvalue weighted by Crippen LogP contribution is 2.29. The van der Waals surface area contributed by atoms with Crippen molar-refractivity contribution in [1.29, 1.82) is 0 Å². The first-order valence-electron chi connectivity index (χ1n) is 10.3. The van der Waals surface area contributed by atoms with E-state index in [0.29, 0.717) is 13.2 Å². The molecule has 0 spiro atoms. The first-order valence-corrected chi connectivity index (χ1v) is 10.3. The Morgan fingerprint density at radius 3 is 2.40 bits per heavy atom. The van der Waals surface area contributed by atoms with Gasteiger partial charge in [-0.2, -0.15) is 0 Å². The SMILES string of the molecule is CC(C(=O)NCCc1ccccc1)c1c[nH]c2ccc(OCc3ccccc3)cc12. The van der Waals surface area contributed by atoms with E-state index in [-0.39, 0.29) is 11.8 Å². The zero-order chi connectivity index (χ0) is 20.8. The van der Waals surface area contributed by atoms with E-state index in [2.05, 4.69) is 22.4 Å². The van der Waals surface area contributed by atoms with E-state index in [4.69, 9.17) is 4.74 Å². The lowest BCUT2D eigenvalue weighted by Crippen LogP contribution is -2.29. The highest BCUT2D eigenvalue weighted by Gasteiger charge is 2.19. The molecule has 2 N–H and O–H groups in total. The minimum atomic E-state index is -0.251. The normalized spacial score (nSPS) is 11.9. The summed E-state index contributed by atoms with van der Waals surface area (Å²) in [5.41, 5.74) is 4.32. The summed E-state index contributed by atoms with van der Waals surface area (Å²) < 4.78 is 5.96. The Labute approximate surface area is 176 Å². The van der Waals surface area contributed by atoms with Crippen molar-refractivity contribution in [2.75, 3.05) is 6.54 Å². The van der Waals surface area contributed by atoms with Crippen molar-refractivity contribution in [2.45, 2.75) is 25.9 Å². The average Bonchev–Trinajstić information content (AvgIpc) is 3.22. The van der Waals surface area contributed by atoms with Crippen LogP contribution < -0.4 is 10.1 Å². The number of carbonyl (C=O) groups excluding carboxylic acids is 1. The van der Waals surface area contributed by atoms with Gasteiger partial charge in [-0.3, -0.25) is 4.79 Å². The summed E-state index contributed by atoms with van der Waals surface area (Å²) in [5.74, 6) is 0.574. The average molecular weight is 399 g/mol. The fourth-order valence-electron chi connectivity index (χ4n) is 3.58. The van der Waals surface area contributed by atoms with Crippen LogP contribution >= 0.6 is 0 Å². The molecular weight excluding hydrogens is 372 g/mol. The molecule has 0 fully saturated rings. The van der Waals surface area contributed by atoms with Crippen LogP contribution in [0.4, 0.5) is 0 Å². The molecule has 1 aromatic heterocycles. The molecule has 1 heterocycles. The van der Waals surface area contributed by atoms with Crippen LogP contribution in [0.5, 0.6) is 5.75 Å². The second kappa shape index (κ2) is 9.31. The number of amides is 1. The molecule has 1 amide bonds. The summed E-state index contributed by atoms with van der Waals surface area (Å²) in [6.45, 7) is 3.08. The number of H-pyrrole nitrogens is 1. The lowest BCUT2D eigenvalue weighted by Gasteiger charge is -2.12. The summed E-state index contributed by atoms with van der Waals surface area (Å²) in [6.07, 6.45) is 2.75. The van der Waals surface area contributed by atoms with E-state index in [9.17, 15) is 4.79 Å². The van der Waals surface area contributed by atoms with Gasteiger partial charge in [0.1, 0.15) is 12.4 Å². The number of nitrogens with one attached hydrogen (secondary N) is 2. The van der Waals surface area contributed by atoms with Gasteiger partial charge in [0.05, 0.1) is 5.92 Å². The predicted octanol–water partition coefficient (Wildman–Crippen LogP) is 5.21. The molecule has 1 atom stereocenters. The Balaban J connectivity index is 1.41. The fraction of sp³-hybridized carbons (Fsp3) is 0.192. The molecule has 0 saturated heterocycles. The summed E-state index contributed by atoms with van der Waals surface area (Å²) >= 11 is 0. The Hall–Kier alpha value is -3.53. The maximum atomic E-state index is 12.7. The third kappa shape index (κ3) is 4.71. The highest BCUT2D eigenvalue weighted by atomic mass is 16.5. The van der Waals surface area contributed by atoms with Gasteiger partial charge < -0.3 is 15.0 Å². The summed E-state index contributed by atoms with van der Waals surface area (Å²) in [7, 11) is 0. The van der Waals surface area contributed by atoms with Crippen molar-refractivity contribution >= 4 is 16.8 Å². The standard InChI is InChI=1S/C26H26N2O2/c1-19(26(29)27-15-14-20-8-4-2-5-9-20)24-17-28-25-13-12-22(16-23(24)25)30-18-21-10-6-3-7-11-21/h2-13,16-17,19,28H,14-15,18H2,1H3,(H,27,29). The Morgan fingerprint density at radius 1 is 0.967 bits per heavy atom. The molecule has 1 unspecified atom stereocenters. The largest absolute Gasteiger partial charge is 0.489 e. The lowest BCUT2D eigenvalue weighted by atomic mass is 9.99. The maximum absolute atomic E-state index is 12.7. The molecule has 3 aromatic carbocycles. The molecule has 0 bridgehead atoms. The molecule has 30 heavy (non-hydrogen) atoms. The van der Waals surface area contributed by atoms with Crippen LogP contribution in [0.15, 0.2) is 85.1 Å². The van der Waals surface area contributed by atoms with E-state index in [1.807, 2.05) is 79.9 Å². The zero-order valence-electron chi connectivity index (χ0n) is 17.1. The van der Waals surface area contributed by atoms with E-state index < -0.39 is 0 Å². The van der Waals surface area contributed by atoms with Gasteiger partial charge in [-0.25, -0.2) is 0 Å². The summed E-state index contributed by atoms with van der Waals surface area (Å²) in [6, 6.07) is 26.2. The van der Waals surface area contributed by atoms with Crippen LogP contribution in [0.3, 0.4) is 0 Å². The van der Waals surface area contributed by atoms with Crippen LogP contribution in [0.2, 0.25) is 0 Å². The first kappa shape index (κ1) is 19.8. The number of hydrogen-bond acceptors (Lipinski definition) is 2. The molecule has 4 aromatic rings. The minimum absolute atomic E-state index is 0.0300. The molecule has 4 nitrogen and oxygen atoms in total. The maximum Gasteiger partial charge on any atom is 0.227 e. The van der Waals surface area contributed by atoms with E-state index >= 15 is 0 Å². The monoisotopic (exact) mass is 398 g/mol. The van der Waals surface area contributed by atoms with Gasteiger partial charge in [0, 0.05) is 23.6 Å². The third-order valence-electron chi connectivity index (χ3n) is 5.35. The smallest absolute Gasteiger partial charge is 0.227 e. The Morgan fingerprint density at radius 2 is 1.67 bits per heavy atom. The van der Waals surface area contributed by atoms with Crippen LogP contribution in [0.1, 0.15) is 29.5 Å². The molecule has 4 heteroatoms. The van der Waals surface area contributed by atoms with Gasteiger partial charge in [0.25, 0.3) is 0 Å². The van der Waals surface area contributed by atoms with Crippen LogP contribution in [0.25, 0.3) is 10.9 Å². The van der Waals surface area contributed by atoms with Crippen molar-refractivity contribution in [1.82, 2.24) is 10.3 Å². The van der Waals surface area contributed by atoms with Crippen molar-refractivity contribution in [2.24, 2.45) is 0 Å². The van der Waals surface area contributed by atoms with Crippen molar-refractivity contribution in [3.63, 3.8) is 0 Å². The van der Waals surface area contributed by atoms with Crippen LogP contribution in [0, 0.1) is 0 Å². The number of aromatic amines is 1. The minimum Gasteiger partial charge on any atom is -0.489 e. The number of ether oxygens (including phenoxy) is 1. The molecule has 0 aliphatic rings. The molecule has 0 radical (unpaired) electrons. The van der Waals surface area contributed by atoms with Crippen LogP contribution in [-0.4, -0.2) is 17.4 Å². The highest BCUT2D eigenvalue weighted by molar-refractivity contribution is 5.92. The second-order valence-electron chi connectivity index (χ2n) is 7.47. The zero-order valence-corrected chi connectivity index (χ0v) is 17.1. The quantitative estimate of drug-likeness (QED) is 0.428. The van der Waals surface area contributed by atoms with Crippen molar-refractivity contribution < 1.29 is 9.53 Å². The van der Waals surface area contributed by atoms with E-state index in [1.165, 1.54) is 5.56 Å². The van der Waals surface area contributed by atoms with Gasteiger partial charge in [-0.1, -0.05) is 60.7 Å². The molecule has 0 saturated carbocycles. The number of aromatic nitrogens is 1. The summed E-state index contributed by atoms with van der Waals surface area (Å²) in [4.78, 5) is 16.0. The Bertz CT molecular complexity index is 1100. The van der Waals surface area contributed by atoms with Crippen LogP contribution in [-0.2, 0) is 17.8 Å². The van der Waals surface area contributed by atoms with Gasteiger partial charge in [-0.15, -0.1) is 0 Å². The molecule has 0 aliphatic heterocycles. The van der Waals surface area contributed by atoms with Gasteiger partial charge in [0.2, 0.25) is 5.91 Å². The van der Waals surface area contributed by atoms with Crippen molar-refractivity contribution in [3.05, 3.63) is 102 Å². The molecule has 152 valence electrons. The second-order valence-corrected chi connectivity index (χ2v) is 7.47. The van der Waals surface area contributed by atoms with Gasteiger partial charge in [-0.05, 0) is 48.2 Å². The molecule has 4 rings (SSSR count). The Kier molecular flexibility index (Phi) is 6.14. The predicted molar refractivity (Wildman–Crippen MR) is 121 cm³/mol. The lowest BCUT2D eigenvalue weighted by molar-refractivity contribution is -0.122. The fourth-order valence-corrected chi connectivity index (χ4v) is 3.58. The first-order chi connectivity index (χ1) is 14.7. The van der Waals surface area contributed by atoms with Gasteiger partial charge >= 0.3 is 0 Å². The van der Waals surface area contributed by atoms with E-state index in [1.54, 1.807) is 0 Å². The summed E-state index contributed by atoms with van der Waals surface area (Å²) in [5, 5.41) is 4.08. The van der Waals surface area contributed by atoms with E-state index in [0.717, 1.165) is 34.2 Å². The van der Waals surface area contributed by atoms with Crippen molar-refractivity contribution in [3.8, 4) is 5.75 Å². The number of fused-ring (bicyclic) bond motifs is 1.